The molecule has 3 N–H and O–H groups in total. The average molecular weight is 195 g/mol. The van der Waals surface area contributed by atoms with Crippen molar-refractivity contribution >= 4 is 18.4 Å². The standard InChI is InChI=1S/C7H14N2O2.ClH/c1-2-3-9-4-5-11-7(10)6-8;/h2,9H,1,3-6,8H2;1H. The molecule has 0 aromatic rings. The Balaban J connectivity index is 0. The first-order chi connectivity index (χ1) is 5.31. The van der Waals surface area contributed by atoms with E-state index in [0.717, 1.165) is 6.54 Å². The Bertz CT molecular complexity index is 131. The molecule has 0 aliphatic heterocycles. The molecule has 0 spiro atoms. The zero-order valence-corrected chi connectivity index (χ0v) is 7.73. The molecule has 0 heterocycles. The maximum Gasteiger partial charge on any atom is 0.319 e. The summed E-state index contributed by atoms with van der Waals surface area (Å²) in [6.07, 6.45) is 1.74. The Morgan fingerprint density at radius 1 is 1.67 bits per heavy atom. The number of hydrogen-bond donors (Lipinski definition) is 2. The van der Waals surface area contributed by atoms with Gasteiger partial charge in [0.1, 0.15) is 6.61 Å². The highest BCUT2D eigenvalue weighted by Crippen LogP contribution is 1.73. The lowest BCUT2D eigenvalue weighted by Crippen LogP contribution is -2.24. The van der Waals surface area contributed by atoms with Crippen molar-refractivity contribution in [2.75, 3.05) is 26.2 Å². The summed E-state index contributed by atoms with van der Waals surface area (Å²) in [6, 6.07) is 0. The molecule has 0 aliphatic rings. The van der Waals surface area contributed by atoms with E-state index in [9.17, 15) is 4.79 Å². The smallest absolute Gasteiger partial charge is 0.319 e. The molecule has 12 heavy (non-hydrogen) atoms. The molecule has 0 aromatic heterocycles. The molecule has 72 valence electrons. The second kappa shape index (κ2) is 10.4. The van der Waals surface area contributed by atoms with Crippen molar-refractivity contribution in [3.8, 4) is 0 Å². The summed E-state index contributed by atoms with van der Waals surface area (Å²) in [6.45, 7) is 5.19. The van der Waals surface area contributed by atoms with Gasteiger partial charge < -0.3 is 15.8 Å². The predicted molar refractivity (Wildman–Crippen MR) is 50.3 cm³/mol. The molecule has 0 unspecified atom stereocenters. The van der Waals surface area contributed by atoms with Crippen LogP contribution in [0.1, 0.15) is 0 Å². The molecular weight excluding hydrogens is 180 g/mol. The Labute approximate surface area is 78.6 Å². The highest BCUT2D eigenvalue weighted by Gasteiger charge is 1.95. The first kappa shape index (κ1) is 14.0. The van der Waals surface area contributed by atoms with Gasteiger partial charge in [0.15, 0.2) is 0 Å². The molecule has 0 aliphatic carbocycles. The van der Waals surface area contributed by atoms with Crippen LogP contribution in [-0.2, 0) is 9.53 Å². The highest BCUT2D eigenvalue weighted by molar-refractivity contribution is 5.85. The number of halogens is 1. The van der Waals surface area contributed by atoms with E-state index in [1.165, 1.54) is 0 Å². The van der Waals surface area contributed by atoms with Crippen molar-refractivity contribution in [2.45, 2.75) is 0 Å². The minimum Gasteiger partial charge on any atom is -0.463 e. The fraction of sp³-hybridized carbons (Fsp3) is 0.571. The van der Waals surface area contributed by atoms with Crippen LogP contribution in [0.15, 0.2) is 12.7 Å². The fourth-order valence-electron chi connectivity index (χ4n) is 0.500. The van der Waals surface area contributed by atoms with Crippen LogP contribution in [0.5, 0.6) is 0 Å². The number of rotatable bonds is 6. The second-order valence-corrected chi connectivity index (χ2v) is 1.92. The second-order valence-electron chi connectivity index (χ2n) is 1.92. The SMILES string of the molecule is C=CCNCCOC(=O)CN.Cl. The van der Waals surface area contributed by atoms with Crippen LogP contribution < -0.4 is 11.1 Å². The van der Waals surface area contributed by atoms with Crippen molar-refractivity contribution in [1.29, 1.82) is 0 Å². The van der Waals surface area contributed by atoms with E-state index in [4.69, 9.17) is 5.73 Å². The molecule has 0 fully saturated rings. The number of carbonyl (C=O) groups excluding carboxylic acids is 1. The van der Waals surface area contributed by atoms with E-state index in [2.05, 4.69) is 16.6 Å². The van der Waals surface area contributed by atoms with Crippen molar-refractivity contribution in [3.63, 3.8) is 0 Å². The minimum atomic E-state index is -0.370. The van der Waals surface area contributed by atoms with Crippen LogP contribution in [0.4, 0.5) is 0 Å². The van der Waals surface area contributed by atoms with Gasteiger partial charge in [0.2, 0.25) is 0 Å². The quantitative estimate of drug-likeness (QED) is 0.346. The van der Waals surface area contributed by atoms with Crippen molar-refractivity contribution in [2.24, 2.45) is 5.73 Å². The Morgan fingerprint density at radius 2 is 2.33 bits per heavy atom. The van der Waals surface area contributed by atoms with Crippen LogP contribution in [0, 0.1) is 0 Å². The maximum atomic E-state index is 10.4. The van der Waals surface area contributed by atoms with Gasteiger partial charge in [0.25, 0.3) is 0 Å². The summed E-state index contributed by atoms with van der Waals surface area (Å²) in [4.78, 5) is 10.4. The Morgan fingerprint density at radius 3 is 2.83 bits per heavy atom. The zero-order valence-electron chi connectivity index (χ0n) is 6.91. The lowest BCUT2D eigenvalue weighted by molar-refractivity contribution is -0.141. The van der Waals surface area contributed by atoms with E-state index < -0.39 is 0 Å². The van der Waals surface area contributed by atoms with Gasteiger partial charge in [-0.3, -0.25) is 4.79 Å². The van der Waals surface area contributed by atoms with Gasteiger partial charge in [-0.1, -0.05) is 6.08 Å². The normalized spacial score (nSPS) is 8.42. The van der Waals surface area contributed by atoms with Crippen molar-refractivity contribution in [3.05, 3.63) is 12.7 Å². The van der Waals surface area contributed by atoms with Crippen molar-refractivity contribution < 1.29 is 9.53 Å². The van der Waals surface area contributed by atoms with Gasteiger partial charge in [-0.05, 0) is 0 Å². The fourth-order valence-corrected chi connectivity index (χ4v) is 0.500. The van der Waals surface area contributed by atoms with E-state index >= 15 is 0 Å². The molecule has 0 radical (unpaired) electrons. The van der Waals surface area contributed by atoms with Crippen LogP contribution in [0.25, 0.3) is 0 Å². The molecule has 5 heteroatoms. The summed E-state index contributed by atoms with van der Waals surface area (Å²) in [5.41, 5.74) is 5.00. The monoisotopic (exact) mass is 194 g/mol. The highest BCUT2D eigenvalue weighted by atomic mass is 35.5. The molecule has 0 atom stereocenters. The molecule has 0 aromatic carbocycles. The minimum absolute atomic E-state index is 0. The molecule has 4 nitrogen and oxygen atoms in total. The number of carbonyl (C=O) groups is 1. The van der Waals surface area contributed by atoms with E-state index in [1.807, 2.05) is 0 Å². The lowest BCUT2D eigenvalue weighted by Gasteiger charge is -2.02. The number of nitrogens with one attached hydrogen (secondary N) is 1. The molecule has 0 saturated carbocycles. The third-order valence-corrected chi connectivity index (χ3v) is 0.997. The van der Waals surface area contributed by atoms with Crippen LogP contribution in [0.3, 0.4) is 0 Å². The van der Waals surface area contributed by atoms with Gasteiger partial charge in [-0.15, -0.1) is 19.0 Å². The summed E-state index contributed by atoms with van der Waals surface area (Å²) in [5, 5.41) is 2.98. The van der Waals surface area contributed by atoms with Crippen LogP contribution in [-0.4, -0.2) is 32.2 Å². The third kappa shape index (κ3) is 9.42. The van der Waals surface area contributed by atoms with Crippen LogP contribution >= 0.6 is 12.4 Å². The lowest BCUT2D eigenvalue weighted by atomic mass is 10.6. The number of hydrogen-bond acceptors (Lipinski definition) is 4. The average Bonchev–Trinajstić information content (AvgIpc) is 2.04. The Kier molecular flexibility index (Phi) is 12.1. The number of esters is 1. The zero-order chi connectivity index (χ0) is 8.53. The first-order valence-electron chi connectivity index (χ1n) is 3.48. The van der Waals surface area contributed by atoms with Gasteiger partial charge in [-0.25, -0.2) is 0 Å². The predicted octanol–water partition coefficient (Wildman–Crippen LogP) is -0.314. The summed E-state index contributed by atoms with van der Waals surface area (Å²) in [5.74, 6) is -0.370. The van der Waals surface area contributed by atoms with E-state index in [0.29, 0.717) is 13.2 Å². The molecule has 0 saturated heterocycles. The van der Waals surface area contributed by atoms with E-state index in [-0.39, 0.29) is 24.9 Å². The van der Waals surface area contributed by atoms with Gasteiger partial charge in [0, 0.05) is 13.1 Å². The Hall–Kier alpha value is -0.580. The van der Waals surface area contributed by atoms with Crippen LogP contribution in [0.2, 0.25) is 0 Å². The molecule has 0 amide bonds. The molecule has 0 bridgehead atoms. The van der Waals surface area contributed by atoms with Crippen molar-refractivity contribution in [1.82, 2.24) is 5.32 Å². The number of nitrogens with two attached hydrogens (primary N) is 1. The third-order valence-electron chi connectivity index (χ3n) is 0.997. The van der Waals surface area contributed by atoms with E-state index in [1.54, 1.807) is 6.08 Å². The molecule has 0 rings (SSSR count). The first-order valence-corrected chi connectivity index (χ1v) is 3.48. The van der Waals surface area contributed by atoms with Gasteiger partial charge in [-0.2, -0.15) is 0 Å². The van der Waals surface area contributed by atoms with Gasteiger partial charge in [0.05, 0.1) is 6.54 Å². The van der Waals surface area contributed by atoms with Gasteiger partial charge >= 0.3 is 5.97 Å². The largest absolute Gasteiger partial charge is 0.463 e. The summed E-state index contributed by atoms with van der Waals surface area (Å²) in [7, 11) is 0. The topological polar surface area (TPSA) is 64.3 Å². The number of ether oxygens (including phenoxy) is 1. The summed E-state index contributed by atoms with van der Waals surface area (Å²) < 4.78 is 4.68. The summed E-state index contributed by atoms with van der Waals surface area (Å²) >= 11 is 0. The molecular formula is C7H15ClN2O2. The maximum absolute atomic E-state index is 10.4.